The van der Waals surface area contributed by atoms with Crippen molar-refractivity contribution in [3.8, 4) is 0 Å². The highest BCUT2D eigenvalue weighted by Gasteiger charge is 2.09. The van der Waals surface area contributed by atoms with Gasteiger partial charge < -0.3 is 5.11 Å². The smallest absolute Gasteiger partial charge is 0.0634 e. The van der Waals surface area contributed by atoms with Crippen LogP contribution in [-0.2, 0) is 0 Å². The SMILES string of the molecule is CC(C)=CCCCCC(O)CSc1c(C)cc(C)cc1C. The molecule has 0 fully saturated rings. The number of benzene rings is 1. The van der Waals surface area contributed by atoms with Crippen LogP contribution in [0.2, 0.25) is 0 Å². The maximum Gasteiger partial charge on any atom is 0.0634 e. The van der Waals surface area contributed by atoms with E-state index in [0.717, 1.165) is 25.0 Å². The average molecular weight is 307 g/mol. The summed E-state index contributed by atoms with van der Waals surface area (Å²) in [5.41, 5.74) is 5.35. The first-order valence-corrected chi connectivity index (χ1v) is 8.90. The summed E-state index contributed by atoms with van der Waals surface area (Å²) >= 11 is 1.80. The third-order valence-corrected chi connectivity index (χ3v) is 5.05. The van der Waals surface area contributed by atoms with Gasteiger partial charge in [0.1, 0.15) is 0 Å². The summed E-state index contributed by atoms with van der Waals surface area (Å²) in [6.45, 7) is 10.7. The van der Waals surface area contributed by atoms with E-state index >= 15 is 0 Å². The Morgan fingerprint density at radius 3 is 2.33 bits per heavy atom. The molecule has 1 aromatic carbocycles. The summed E-state index contributed by atoms with van der Waals surface area (Å²) in [6, 6.07) is 4.45. The number of hydrogen-bond acceptors (Lipinski definition) is 2. The minimum Gasteiger partial charge on any atom is -0.392 e. The van der Waals surface area contributed by atoms with E-state index in [1.165, 1.54) is 33.6 Å². The Kier molecular flexibility index (Phi) is 8.13. The summed E-state index contributed by atoms with van der Waals surface area (Å²) in [6.07, 6.45) is 6.42. The molecule has 118 valence electrons. The topological polar surface area (TPSA) is 20.2 Å². The molecule has 21 heavy (non-hydrogen) atoms. The molecular formula is C19H30OS. The van der Waals surface area contributed by atoms with Crippen LogP contribution in [0.4, 0.5) is 0 Å². The van der Waals surface area contributed by atoms with Gasteiger partial charge in [0.15, 0.2) is 0 Å². The molecule has 0 aliphatic rings. The quantitative estimate of drug-likeness (QED) is 0.384. The number of rotatable bonds is 8. The van der Waals surface area contributed by atoms with Crippen molar-refractivity contribution in [2.24, 2.45) is 0 Å². The van der Waals surface area contributed by atoms with E-state index in [0.29, 0.717) is 0 Å². The van der Waals surface area contributed by atoms with Crippen LogP contribution in [0.1, 0.15) is 56.2 Å². The van der Waals surface area contributed by atoms with Crippen LogP contribution in [0.3, 0.4) is 0 Å². The van der Waals surface area contributed by atoms with Crippen molar-refractivity contribution in [2.75, 3.05) is 5.75 Å². The zero-order chi connectivity index (χ0) is 15.8. The highest BCUT2D eigenvalue weighted by atomic mass is 32.2. The summed E-state index contributed by atoms with van der Waals surface area (Å²) in [4.78, 5) is 1.34. The Hall–Kier alpha value is -0.730. The highest BCUT2D eigenvalue weighted by Crippen LogP contribution is 2.28. The van der Waals surface area contributed by atoms with Crippen LogP contribution in [0.15, 0.2) is 28.7 Å². The molecule has 1 atom stereocenters. The molecule has 0 heterocycles. The Labute approximate surface area is 134 Å². The first-order valence-electron chi connectivity index (χ1n) is 7.92. The van der Waals surface area contributed by atoms with E-state index in [4.69, 9.17) is 0 Å². The van der Waals surface area contributed by atoms with Gasteiger partial charge in [-0.25, -0.2) is 0 Å². The second-order valence-electron chi connectivity index (χ2n) is 6.26. The molecule has 1 N–H and O–H groups in total. The zero-order valence-electron chi connectivity index (χ0n) is 14.2. The molecule has 0 saturated carbocycles. The molecular weight excluding hydrogens is 276 g/mol. The first kappa shape index (κ1) is 18.3. The van der Waals surface area contributed by atoms with Crippen LogP contribution in [0.25, 0.3) is 0 Å². The largest absolute Gasteiger partial charge is 0.392 e. The standard InChI is InChI=1S/C19H30OS/c1-14(2)9-7-6-8-10-18(20)13-21-19-16(4)11-15(3)12-17(19)5/h9,11-12,18,20H,6-8,10,13H2,1-5H3. The number of allylic oxidation sites excluding steroid dienone is 2. The van der Waals surface area contributed by atoms with Crippen molar-refractivity contribution in [3.63, 3.8) is 0 Å². The van der Waals surface area contributed by atoms with Crippen molar-refractivity contribution >= 4 is 11.8 Å². The zero-order valence-corrected chi connectivity index (χ0v) is 15.0. The molecule has 1 unspecified atom stereocenters. The van der Waals surface area contributed by atoms with Gasteiger partial charge in [0.25, 0.3) is 0 Å². The average Bonchev–Trinajstić information content (AvgIpc) is 2.36. The van der Waals surface area contributed by atoms with Gasteiger partial charge in [-0.15, -0.1) is 11.8 Å². The lowest BCUT2D eigenvalue weighted by atomic mass is 10.1. The molecule has 1 nitrogen and oxygen atoms in total. The monoisotopic (exact) mass is 306 g/mol. The fraction of sp³-hybridized carbons (Fsp3) is 0.579. The van der Waals surface area contributed by atoms with Crippen LogP contribution in [0.5, 0.6) is 0 Å². The number of hydrogen-bond donors (Lipinski definition) is 1. The van der Waals surface area contributed by atoms with Gasteiger partial charge in [-0.05, 0) is 65.0 Å². The molecule has 2 heteroatoms. The molecule has 0 radical (unpaired) electrons. The third-order valence-electron chi connectivity index (χ3n) is 3.57. The Morgan fingerprint density at radius 2 is 1.76 bits per heavy atom. The van der Waals surface area contributed by atoms with Crippen molar-refractivity contribution in [2.45, 2.75) is 71.3 Å². The third kappa shape index (κ3) is 7.19. The maximum atomic E-state index is 10.1. The van der Waals surface area contributed by atoms with Crippen LogP contribution in [0, 0.1) is 20.8 Å². The van der Waals surface area contributed by atoms with E-state index in [1.807, 2.05) is 0 Å². The van der Waals surface area contributed by atoms with Crippen LogP contribution in [-0.4, -0.2) is 17.0 Å². The molecule has 1 rings (SSSR count). The minimum absolute atomic E-state index is 0.193. The lowest BCUT2D eigenvalue weighted by molar-refractivity contribution is 0.185. The molecule has 0 spiro atoms. The summed E-state index contributed by atoms with van der Waals surface area (Å²) < 4.78 is 0. The molecule has 0 bridgehead atoms. The van der Waals surface area contributed by atoms with E-state index in [-0.39, 0.29) is 6.10 Å². The number of unbranched alkanes of at least 4 members (excludes halogenated alkanes) is 2. The number of aliphatic hydroxyl groups excluding tert-OH is 1. The fourth-order valence-corrected chi connectivity index (χ4v) is 3.67. The Morgan fingerprint density at radius 1 is 1.14 bits per heavy atom. The van der Waals surface area contributed by atoms with Crippen molar-refractivity contribution in [3.05, 3.63) is 40.5 Å². The maximum absolute atomic E-state index is 10.1. The summed E-state index contributed by atoms with van der Waals surface area (Å²) in [5.74, 6) is 0.799. The normalized spacial score (nSPS) is 12.3. The fourth-order valence-electron chi connectivity index (χ4n) is 2.57. The second kappa shape index (κ2) is 9.32. The van der Waals surface area contributed by atoms with E-state index in [9.17, 15) is 5.11 Å². The lowest BCUT2D eigenvalue weighted by Crippen LogP contribution is -2.09. The number of aliphatic hydroxyl groups is 1. The van der Waals surface area contributed by atoms with Crippen molar-refractivity contribution in [1.29, 1.82) is 0 Å². The van der Waals surface area contributed by atoms with E-state index in [1.54, 1.807) is 11.8 Å². The summed E-state index contributed by atoms with van der Waals surface area (Å²) in [7, 11) is 0. The molecule has 0 amide bonds. The predicted molar refractivity (Wildman–Crippen MR) is 95.3 cm³/mol. The Bertz CT molecular complexity index is 449. The lowest BCUT2D eigenvalue weighted by Gasteiger charge is -2.14. The van der Waals surface area contributed by atoms with Crippen molar-refractivity contribution < 1.29 is 5.11 Å². The van der Waals surface area contributed by atoms with Crippen LogP contribution < -0.4 is 0 Å². The molecule has 0 aliphatic carbocycles. The second-order valence-corrected chi connectivity index (χ2v) is 7.29. The molecule has 0 saturated heterocycles. The Balaban J connectivity index is 2.33. The molecule has 1 aromatic rings. The number of thioether (sulfide) groups is 1. The van der Waals surface area contributed by atoms with Crippen molar-refractivity contribution in [1.82, 2.24) is 0 Å². The first-order chi connectivity index (χ1) is 9.90. The van der Waals surface area contributed by atoms with Gasteiger partial charge >= 0.3 is 0 Å². The minimum atomic E-state index is -0.193. The molecule has 0 aliphatic heterocycles. The summed E-state index contributed by atoms with van der Waals surface area (Å²) in [5, 5.41) is 10.1. The predicted octanol–water partition coefficient (Wildman–Crippen LogP) is 5.59. The van der Waals surface area contributed by atoms with E-state index < -0.39 is 0 Å². The molecule has 0 aromatic heterocycles. The van der Waals surface area contributed by atoms with Gasteiger partial charge in [-0.3, -0.25) is 0 Å². The van der Waals surface area contributed by atoms with Gasteiger partial charge in [0.05, 0.1) is 6.10 Å². The van der Waals surface area contributed by atoms with Crippen LogP contribution >= 0.6 is 11.8 Å². The van der Waals surface area contributed by atoms with Gasteiger partial charge in [0, 0.05) is 10.6 Å². The van der Waals surface area contributed by atoms with Gasteiger partial charge in [-0.2, -0.15) is 0 Å². The van der Waals surface area contributed by atoms with E-state index in [2.05, 4.69) is 52.8 Å². The highest BCUT2D eigenvalue weighted by molar-refractivity contribution is 7.99. The number of aryl methyl sites for hydroxylation is 3. The van der Waals surface area contributed by atoms with Gasteiger partial charge in [0.2, 0.25) is 0 Å². The van der Waals surface area contributed by atoms with Gasteiger partial charge in [-0.1, -0.05) is 35.8 Å².